The molecule has 0 spiro atoms. The minimum Gasteiger partial charge on any atom is -0.356 e. The third-order valence-corrected chi connectivity index (χ3v) is 0.894. The molecule has 0 bridgehead atoms. The molecule has 0 saturated carbocycles. The quantitative estimate of drug-likeness (QED) is 0.578. The molecule has 1 heterocycles. The van der Waals surface area contributed by atoms with Gasteiger partial charge in [-0.25, -0.2) is 0 Å². The highest BCUT2D eigenvalue weighted by Crippen LogP contribution is 2.01. The second-order valence-electron chi connectivity index (χ2n) is 1.54. The average molecular weight is 124 g/mol. The Morgan fingerprint density at radius 3 is 2.44 bits per heavy atom. The third-order valence-electron chi connectivity index (χ3n) is 0.894. The zero-order valence-electron chi connectivity index (χ0n) is 4.65. The molecule has 0 aliphatic carbocycles. The van der Waals surface area contributed by atoms with E-state index in [1.807, 2.05) is 0 Å². The first-order valence-electron chi connectivity index (χ1n) is 2.47. The molecular weight excluding hydrogens is 118 g/mol. The molecule has 1 aromatic rings. The average Bonchev–Trinajstić information content (AvgIpc) is 1.90. The van der Waals surface area contributed by atoms with Crippen molar-refractivity contribution in [3.63, 3.8) is 0 Å². The van der Waals surface area contributed by atoms with Crippen molar-refractivity contribution in [1.82, 2.24) is 4.98 Å². The van der Waals surface area contributed by atoms with E-state index in [0.29, 0.717) is 0 Å². The Kier molecular flexibility index (Phi) is 1.77. The van der Waals surface area contributed by atoms with E-state index < -0.39 is 6.29 Å². The Morgan fingerprint density at radius 2 is 2.11 bits per heavy atom. The van der Waals surface area contributed by atoms with Crippen molar-refractivity contribution in [1.29, 1.82) is 0 Å². The first-order chi connectivity index (χ1) is 4.30. The van der Waals surface area contributed by atoms with Crippen LogP contribution in [0.5, 0.6) is 0 Å². The predicted octanol–water partition coefficient (Wildman–Crippen LogP) is 0.664. The van der Waals surface area contributed by atoms with E-state index in [1.54, 1.807) is 12.1 Å². The largest absolute Gasteiger partial charge is 0.356 e. The van der Waals surface area contributed by atoms with Crippen molar-refractivity contribution in [2.45, 2.75) is 0 Å². The van der Waals surface area contributed by atoms with Crippen LogP contribution in [0.4, 0.5) is 0 Å². The molecule has 0 unspecified atom stereocenters. The minimum absolute atomic E-state index is 0.192. The fourth-order valence-corrected chi connectivity index (χ4v) is 0.495. The van der Waals surface area contributed by atoms with E-state index in [0.717, 1.165) is 0 Å². The van der Waals surface area contributed by atoms with Crippen molar-refractivity contribution in [3.05, 3.63) is 36.4 Å². The lowest BCUT2D eigenvalue weighted by molar-refractivity contribution is 0.106. The highest BCUT2D eigenvalue weighted by Gasteiger charge is 2.02. The number of aliphatic hydroxyl groups is 2. The maximum Gasteiger partial charge on any atom is 0.269 e. The van der Waals surface area contributed by atoms with Crippen LogP contribution in [0.3, 0.4) is 0 Å². The van der Waals surface area contributed by atoms with Gasteiger partial charge >= 0.3 is 0 Å². The number of pyridine rings is 1. The van der Waals surface area contributed by atoms with Crippen LogP contribution in [0, 0.1) is 6.29 Å². The molecule has 0 fully saturated rings. The Labute approximate surface area is 52.6 Å². The van der Waals surface area contributed by atoms with Crippen molar-refractivity contribution >= 4 is 0 Å². The van der Waals surface area contributed by atoms with Gasteiger partial charge in [-0.2, -0.15) is 0 Å². The van der Waals surface area contributed by atoms with Crippen molar-refractivity contribution in [3.8, 4) is 0 Å². The summed E-state index contributed by atoms with van der Waals surface area (Å²) in [6, 6.07) is 4.89. The first-order valence-corrected chi connectivity index (χ1v) is 2.47. The Bertz CT molecular complexity index is 174. The van der Waals surface area contributed by atoms with Crippen molar-refractivity contribution in [2.75, 3.05) is 0 Å². The van der Waals surface area contributed by atoms with Crippen LogP contribution < -0.4 is 0 Å². The van der Waals surface area contributed by atoms with Gasteiger partial charge < -0.3 is 10.2 Å². The summed E-state index contributed by atoms with van der Waals surface area (Å²) in [7, 11) is 0. The topological polar surface area (TPSA) is 53.4 Å². The number of nitrogens with zero attached hydrogens (tertiary/aromatic N) is 1. The number of rotatable bonds is 1. The van der Waals surface area contributed by atoms with Crippen LogP contribution >= 0.6 is 0 Å². The maximum absolute atomic E-state index is 8.43. The highest BCUT2D eigenvalue weighted by atomic mass is 16.5. The van der Waals surface area contributed by atoms with Gasteiger partial charge in [-0.3, -0.25) is 4.98 Å². The van der Waals surface area contributed by atoms with Crippen LogP contribution in [0.15, 0.2) is 24.4 Å². The van der Waals surface area contributed by atoms with Crippen molar-refractivity contribution in [2.24, 2.45) is 0 Å². The molecule has 1 rings (SSSR count). The van der Waals surface area contributed by atoms with Crippen LogP contribution in [0.2, 0.25) is 0 Å². The second-order valence-corrected chi connectivity index (χ2v) is 1.54. The standard InChI is InChI=1S/C6H6NO2/c8-6(9)5-3-1-2-4-7-5/h1-4,8-9H. The highest BCUT2D eigenvalue weighted by molar-refractivity contribution is 5.11. The monoisotopic (exact) mass is 124 g/mol. The molecule has 0 aliphatic heterocycles. The molecule has 3 heteroatoms. The zero-order valence-corrected chi connectivity index (χ0v) is 4.65. The van der Waals surface area contributed by atoms with E-state index >= 15 is 0 Å². The second kappa shape index (κ2) is 2.57. The fraction of sp³-hybridized carbons (Fsp3) is 0. The van der Waals surface area contributed by atoms with Crippen molar-refractivity contribution < 1.29 is 10.2 Å². The molecule has 0 saturated heterocycles. The van der Waals surface area contributed by atoms with Crippen LogP contribution in [0.1, 0.15) is 5.69 Å². The summed E-state index contributed by atoms with van der Waals surface area (Å²) in [5, 5.41) is 16.9. The molecule has 0 amide bonds. The van der Waals surface area contributed by atoms with Crippen LogP contribution in [-0.2, 0) is 0 Å². The lowest BCUT2D eigenvalue weighted by Crippen LogP contribution is -1.97. The normalized spacial score (nSPS) is 10.1. The Balaban J connectivity index is 2.85. The van der Waals surface area contributed by atoms with Gasteiger partial charge in [-0.1, -0.05) is 6.07 Å². The maximum atomic E-state index is 8.43. The Hall–Kier alpha value is -0.930. The molecule has 0 aromatic carbocycles. The SMILES string of the molecule is O[C](O)c1ccccn1. The van der Waals surface area contributed by atoms with Gasteiger partial charge in [0.15, 0.2) is 0 Å². The van der Waals surface area contributed by atoms with Crippen LogP contribution in [0.25, 0.3) is 0 Å². The van der Waals surface area contributed by atoms with E-state index in [2.05, 4.69) is 4.98 Å². The van der Waals surface area contributed by atoms with E-state index in [1.165, 1.54) is 12.3 Å². The molecule has 9 heavy (non-hydrogen) atoms. The van der Waals surface area contributed by atoms with Gasteiger partial charge in [-0.15, -0.1) is 0 Å². The van der Waals surface area contributed by atoms with Gasteiger partial charge in [-0.05, 0) is 12.1 Å². The van der Waals surface area contributed by atoms with Crippen LogP contribution in [-0.4, -0.2) is 15.2 Å². The molecule has 3 nitrogen and oxygen atoms in total. The molecule has 0 atom stereocenters. The summed E-state index contributed by atoms with van der Waals surface area (Å²) in [4.78, 5) is 3.64. The van der Waals surface area contributed by atoms with E-state index in [-0.39, 0.29) is 5.69 Å². The smallest absolute Gasteiger partial charge is 0.269 e. The summed E-state index contributed by atoms with van der Waals surface area (Å²) in [6.07, 6.45) is 0.748. The minimum atomic E-state index is -0.740. The summed E-state index contributed by atoms with van der Waals surface area (Å²) >= 11 is 0. The number of hydrogen-bond acceptors (Lipinski definition) is 3. The molecular formula is C6H6NO2. The van der Waals surface area contributed by atoms with Gasteiger partial charge in [0.1, 0.15) is 5.69 Å². The molecule has 1 radical (unpaired) electrons. The summed E-state index contributed by atoms with van der Waals surface area (Å²) in [6.45, 7) is 0. The molecule has 2 N–H and O–H groups in total. The first kappa shape index (κ1) is 6.19. The molecule has 0 aliphatic rings. The summed E-state index contributed by atoms with van der Waals surface area (Å²) < 4.78 is 0. The zero-order chi connectivity index (χ0) is 6.69. The van der Waals surface area contributed by atoms with Gasteiger partial charge in [0.2, 0.25) is 0 Å². The Morgan fingerprint density at radius 1 is 1.33 bits per heavy atom. The lowest BCUT2D eigenvalue weighted by atomic mass is 10.3. The van der Waals surface area contributed by atoms with E-state index in [9.17, 15) is 0 Å². The summed E-state index contributed by atoms with van der Waals surface area (Å²) in [5.41, 5.74) is 0.192. The van der Waals surface area contributed by atoms with Gasteiger partial charge in [0, 0.05) is 6.20 Å². The van der Waals surface area contributed by atoms with Gasteiger partial charge in [0.25, 0.3) is 6.29 Å². The summed E-state index contributed by atoms with van der Waals surface area (Å²) in [5.74, 6) is 0. The molecule has 1 aromatic heterocycles. The number of aromatic nitrogens is 1. The van der Waals surface area contributed by atoms with Gasteiger partial charge in [0.05, 0.1) is 0 Å². The number of aliphatic hydroxyl groups excluding tert-OH is 1. The predicted molar refractivity (Wildman–Crippen MR) is 30.5 cm³/mol. The van der Waals surface area contributed by atoms with E-state index in [4.69, 9.17) is 10.2 Å². The number of hydrogen-bond donors (Lipinski definition) is 2. The third kappa shape index (κ3) is 1.48. The fourth-order valence-electron chi connectivity index (χ4n) is 0.495. The molecule has 47 valence electrons. The lowest BCUT2D eigenvalue weighted by Gasteiger charge is -1.96.